The lowest BCUT2D eigenvalue weighted by Crippen LogP contribution is -2.33. The van der Waals surface area contributed by atoms with E-state index in [-0.39, 0.29) is 0 Å². The van der Waals surface area contributed by atoms with Gasteiger partial charge >= 0.3 is 0 Å². The summed E-state index contributed by atoms with van der Waals surface area (Å²) in [5.74, 6) is 1.57. The Bertz CT molecular complexity index is 579. The van der Waals surface area contributed by atoms with Crippen LogP contribution in [0, 0.1) is 0 Å². The quantitative estimate of drug-likeness (QED) is 0.867. The molecular weight excluding hydrogens is 314 g/mol. The van der Waals surface area contributed by atoms with Crippen LogP contribution in [0.1, 0.15) is 24.3 Å². The summed E-state index contributed by atoms with van der Waals surface area (Å²) in [6, 6.07) is 17.4. The largest absolute Gasteiger partial charge is 0.497 e. The van der Waals surface area contributed by atoms with Crippen LogP contribution in [0.2, 0.25) is 0 Å². The smallest absolute Gasteiger partial charge is 0.122 e. The fourth-order valence-corrected chi connectivity index (χ4v) is 3.20. The van der Waals surface area contributed by atoms with Crippen LogP contribution >= 0.6 is 15.9 Å². The van der Waals surface area contributed by atoms with Crippen molar-refractivity contribution in [1.29, 1.82) is 0 Å². The second-order valence-electron chi connectivity index (χ2n) is 5.30. The highest BCUT2D eigenvalue weighted by Gasteiger charge is 2.30. The van der Waals surface area contributed by atoms with Gasteiger partial charge in [0.25, 0.3) is 0 Å². The normalized spacial score (nSPS) is 21.1. The molecule has 0 amide bonds. The number of methoxy groups -OCH3 is 1. The summed E-state index contributed by atoms with van der Waals surface area (Å²) in [5, 5.41) is 3.58. The molecule has 0 radical (unpaired) electrons. The maximum Gasteiger partial charge on any atom is 0.122 e. The van der Waals surface area contributed by atoms with Gasteiger partial charge in [0.1, 0.15) is 5.75 Å². The Morgan fingerprint density at radius 3 is 2.55 bits per heavy atom. The van der Waals surface area contributed by atoms with Crippen molar-refractivity contribution in [3.63, 3.8) is 0 Å². The molecule has 2 aromatic carbocycles. The van der Waals surface area contributed by atoms with E-state index in [2.05, 4.69) is 57.6 Å². The number of anilines is 1. The number of nitrogens with one attached hydrogen (secondary N) is 1. The standard InChI is InChI=1S/C17H18BrNO/c1-20-17-10-14(18)9-16(11-17)19-15-7-13(8-15)12-5-3-2-4-6-12/h2-6,9-11,13,15,19H,7-8H2,1H3. The third kappa shape index (κ3) is 2.98. The predicted molar refractivity (Wildman–Crippen MR) is 86.5 cm³/mol. The second-order valence-corrected chi connectivity index (χ2v) is 6.22. The Morgan fingerprint density at radius 1 is 1.10 bits per heavy atom. The van der Waals surface area contributed by atoms with Gasteiger partial charge in [-0.15, -0.1) is 0 Å². The van der Waals surface area contributed by atoms with Crippen LogP contribution < -0.4 is 10.1 Å². The van der Waals surface area contributed by atoms with Gasteiger partial charge in [0.05, 0.1) is 7.11 Å². The minimum absolute atomic E-state index is 0.555. The van der Waals surface area contributed by atoms with Crippen molar-refractivity contribution in [2.75, 3.05) is 12.4 Å². The van der Waals surface area contributed by atoms with E-state index in [1.54, 1.807) is 7.11 Å². The van der Waals surface area contributed by atoms with Gasteiger partial charge in [0, 0.05) is 22.3 Å². The molecule has 3 rings (SSSR count). The summed E-state index contributed by atoms with van der Waals surface area (Å²) in [6.07, 6.45) is 2.39. The van der Waals surface area contributed by atoms with Gasteiger partial charge in [-0.05, 0) is 36.5 Å². The van der Waals surface area contributed by atoms with Crippen molar-refractivity contribution in [3.05, 3.63) is 58.6 Å². The number of hydrogen-bond acceptors (Lipinski definition) is 2. The van der Waals surface area contributed by atoms with Gasteiger partial charge in [0.15, 0.2) is 0 Å². The van der Waals surface area contributed by atoms with Gasteiger partial charge in [0.2, 0.25) is 0 Å². The van der Waals surface area contributed by atoms with Gasteiger partial charge in [-0.1, -0.05) is 46.3 Å². The van der Waals surface area contributed by atoms with E-state index >= 15 is 0 Å². The Morgan fingerprint density at radius 2 is 1.85 bits per heavy atom. The van der Waals surface area contributed by atoms with Gasteiger partial charge < -0.3 is 10.1 Å². The molecule has 0 unspecified atom stereocenters. The zero-order valence-corrected chi connectivity index (χ0v) is 13.1. The highest BCUT2D eigenvalue weighted by Crippen LogP contribution is 2.39. The molecular formula is C17H18BrNO. The minimum atomic E-state index is 0.555. The molecule has 0 spiro atoms. The van der Waals surface area contributed by atoms with E-state index in [9.17, 15) is 0 Å². The molecule has 1 saturated carbocycles. The summed E-state index contributed by atoms with van der Waals surface area (Å²) < 4.78 is 6.33. The molecule has 0 heterocycles. The minimum Gasteiger partial charge on any atom is -0.497 e. The average molecular weight is 332 g/mol. The molecule has 1 N–H and O–H groups in total. The number of benzene rings is 2. The number of halogens is 1. The van der Waals surface area contributed by atoms with E-state index in [0.717, 1.165) is 15.9 Å². The lowest BCUT2D eigenvalue weighted by Gasteiger charge is -2.37. The molecule has 0 bridgehead atoms. The van der Waals surface area contributed by atoms with Crippen molar-refractivity contribution >= 4 is 21.6 Å². The predicted octanol–water partition coefficient (Wildman–Crippen LogP) is 4.82. The monoisotopic (exact) mass is 331 g/mol. The highest BCUT2D eigenvalue weighted by molar-refractivity contribution is 9.10. The zero-order valence-electron chi connectivity index (χ0n) is 11.5. The van der Waals surface area contributed by atoms with Gasteiger partial charge in [-0.25, -0.2) is 0 Å². The maximum absolute atomic E-state index is 5.29. The van der Waals surface area contributed by atoms with Gasteiger partial charge in [-0.2, -0.15) is 0 Å². The molecule has 1 aliphatic rings. The maximum atomic E-state index is 5.29. The summed E-state index contributed by atoms with van der Waals surface area (Å²) in [5.41, 5.74) is 2.57. The topological polar surface area (TPSA) is 21.3 Å². The summed E-state index contributed by atoms with van der Waals surface area (Å²) >= 11 is 3.51. The Hall–Kier alpha value is -1.48. The van der Waals surface area contributed by atoms with E-state index in [1.165, 1.54) is 18.4 Å². The second kappa shape index (κ2) is 5.88. The third-order valence-electron chi connectivity index (χ3n) is 3.89. The first-order valence-corrected chi connectivity index (χ1v) is 7.70. The lowest BCUT2D eigenvalue weighted by molar-refractivity contribution is 0.373. The SMILES string of the molecule is COc1cc(Br)cc(NC2CC(c3ccccc3)C2)c1. The molecule has 1 fully saturated rings. The van der Waals surface area contributed by atoms with Crippen LogP contribution in [0.3, 0.4) is 0 Å². The molecule has 0 atom stereocenters. The number of ether oxygens (including phenoxy) is 1. The van der Waals surface area contributed by atoms with E-state index in [4.69, 9.17) is 4.74 Å². The Balaban J connectivity index is 1.60. The molecule has 0 saturated heterocycles. The van der Waals surface area contributed by atoms with E-state index in [0.29, 0.717) is 12.0 Å². The van der Waals surface area contributed by atoms with Crippen molar-refractivity contribution in [2.45, 2.75) is 24.8 Å². The Kier molecular flexibility index (Phi) is 3.97. The lowest BCUT2D eigenvalue weighted by atomic mass is 9.76. The fourth-order valence-electron chi connectivity index (χ4n) is 2.73. The first-order valence-electron chi connectivity index (χ1n) is 6.90. The van der Waals surface area contributed by atoms with Crippen molar-refractivity contribution in [3.8, 4) is 5.75 Å². The van der Waals surface area contributed by atoms with Crippen molar-refractivity contribution in [2.24, 2.45) is 0 Å². The average Bonchev–Trinajstić information content (AvgIpc) is 2.42. The molecule has 2 nitrogen and oxygen atoms in total. The molecule has 0 aliphatic heterocycles. The molecule has 0 aromatic heterocycles. The van der Waals surface area contributed by atoms with Crippen LogP contribution in [0.25, 0.3) is 0 Å². The molecule has 1 aliphatic carbocycles. The van der Waals surface area contributed by atoms with Crippen LogP contribution in [-0.2, 0) is 0 Å². The molecule has 20 heavy (non-hydrogen) atoms. The summed E-state index contributed by atoms with van der Waals surface area (Å²) in [4.78, 5) is 0. The fraction of sp³-hybridized carbons (Fsp3) is 0.294. The first-order chi connectivity index (χ1) is 9.74. The zero-order chi connectivity index (χ0) is 13.9. The summed E-state index contributed by atoms with van der Waals surface area (Å²) in [7, 11) is 1.69. The number of hydrogen-bond donors (Lipinski definition) is 1. The molecule has 104 valence electrons. The van der Waals surface area contributed by atoms with Crippen molar-refractivity contribution in [1.82, 2.24) is 0 Å². The molecule has 3 heteroatoms. The van der Waals surface area contributed by atoms with E-state index < -0.39 is 0 Å². The number of rotatable bonds is 4. The van der Waals surface area contributed by atoms with Gasteiger partial charge in [-0.3, -0.25) is 0 Å². The van der Waals surface area contributed by atoms with Crippen LogP contribution in [0.5, 0.6) is 5.75 Å². The van der Waals surface area contributed by atoms with Crippen molar-refractivity contribution < 1.29 is 4.74 Å². The summed E-state index contributed by atoms with van der Waals surface area (Å²) in [6.45, 7) is 0. The Labute approximate surface area is 128 Å². The third-order valence-corrected chi connectivity index (χ3v) is 4.34. The van der Waals surface area contributed by atoms with E-state index in [1.807, 2.05) is 12.1 Å². The van der Waals surface area contributed by atoms with Crippen LogP contribution in [0.15, 0.2) is 53.0 Å². The first kappa shape index (κ1) is 13.5. The van der Waals surface area contributed by atoms with Crippen LogP contribution in [-0.4, -0.2) is 13.2 Å². The molecule has 2 aromatic rings. The highest BCUT2D eigenvalue weighted by atomic mass is 79.9. The van der Waals surface area contributed by atoms with Crippen LogP contribution in [0.4, 0.5) is 5.69 Å².